The Morgan fingerprint density at radius 3 is 2.23 bits per heavy atom. The average molecular weight is 185 g/mol. The smallest absolute Gasteiger partial charge is 0.247 e. The standard InChI is InChI=1S/C8H15N3O2/c1-2-3-4-5-6-11-7(12)9-10-8(11)13/h2-6H2,1H3,(H,9,12)(H,10,13). The molecule has 5 heteroatoms. The fraction of sp³-hybridized carbons (Fsp3) is 0.750. The number of hydrogen-bond donors (Lipinski definition) is 2. The molecule has 0 aliphatic carbocycles. The van der Waals surface area contributed by atoms with Crippen molar-refractivity contribution < 1.29 is 0 Å². The Labute approximate surface area is 75.8 Å². The third kappa shape index (κ3) is 2.61. The molecule has 2 N–H and O–H groups in total. The lowest BCUT2D eigenvalue weighted by molar-refractivity contribution is 0.561. The highest BCUT2D eigenvalue weighted by molar-refractivity contribution is 4.65. The zero-order valence-corrected chi connectivity index (χ0v) is 7.80. The van der Waals surface area contributed by atoms with E-state index in [0.29, 0.717) is 6.54 Å². The summed E-state index contributed by atoms with van der Waals surface area (Å²) in [7, 11) is 0. The van der Waals surface area contributed by atoms with Crippen LogP contribution in [0, 0.1) is 0 Å². The molecule has 0 saturated carbocycles. The Hall–Kier alpha value is -1.26. The fourth-order valence-electron chi connectivity index (χ4n) is 1.23. The van der Waals surface area contributed by atoms with Crippen molar-refractivity contribution in [1.82, 2.24) is 14.8 Å². The van der Waals surface area contributed by atoms with E-state index < -0.39 is 0 Å². The van der Waals surface area contributed by atoms with Crippen LogP contribution in [0.2, 0.25) is 0 Å². The van der Waals surface area contributed by atoms with E-state index in [9.17, 15) is 9.59 Å². The Balaban J connectivity index is 2.45. The maximum atomic E-state index is 11.0. The Kier molecular flexibility index (Phi) is 3.54. The Morgan fingerprint density at radius 2 is 1.69 bits per heavy atom. The van der Waals surface area contributed by atoms with Crippen molar-refractivity contribution in [2.75, 3.05) is 0 Å². The van der Waals surface area contributed by atoms with Crippen LogP contribution in [-0.4, -0.2) is 14.8 Å². The van der Waals surface area contributed by atoms with E-state index in [2.05, 4.69) is 17.1 Å². The number of nitrogens with one attached hydrogen (secondary N) is 2. The van der Waals surface area contributed by atoms with E-state index in [1.165, 1.54) is 4.57 Å². The molecule has 1 heterocycles. The second-order valence-corrected chi connectivity index (χ2v) is 3.07. The minimum absolute atomic E-state index is 0.346. The predicted octanol–water partition coefficient (Wildman–Crippen LogP) is 0.445. The summed E-state index contributed by atoms with van der Waals surface area (Å²) in [5, 5.41) is 4.50. The second-order valence-electron chi connectivity index (χ2n) is 3.07. The van der Waals surface area contributed by atoms with Crippen LogP contribution in [-0.2, 0) is 6.54 Å². The van der Waals surface area contributed by atoms with Crippen LogP contribution in [0.15, 0.2) is 9.59 Å². The number of aromatic nitrogens is 3. The Morgan fingerprint density at radius 1 is 1.08 bits per heavy atom. The summed E-state index contributed by atoms with van der Waals surface area (Å²) >= 11 is 0. The molecule has 0 aromatic carbocycles. The maximum Gasteiger partial charge on any atom is 0.344 e. The molecule has 0 amide bonds. The van der Waals surface area contributed by atoms with Crippen molar-refractivity contribution >= 4 is 0 Å². The first-order chi connectivity index (χ1) is 6.25. The van der Waals surface area contributed by atoms with Crippen LogP contribution in [0.3, 0.4) is 0 Å². The third-order valence-corrected chi connectivity index (χ3v) is 2.00. The molecule has 1 aromatic rings. The summed E-state index contributed by atoms with van der Waals surface area (Å²) in [6, 6.07) is 0. The monoisotopic (exact) mass is 185 g/mol. The van der Waals surface area contributed by atoms with Crippen LogP contribution in [0.25, 0.3) is 0 Å². The van der Waals surface area contributed by atoms with Gasteiger partial charge in [0.2, 0.25) is 0 Å². The van der Waals surface area contributed by atoms with E-state index in [-0.39, 0.29) is 11.4 Å². The summed E-state index contributed by atoms with van der Waals surface area (Å²) in [5.41, 5.74) is -0.692. The van der Waals surface area contributed by atoms with Crippen LogP contribution < -0.4 is 11.4 Å². The molecule has 0 atom stereocenters. The molecular weight excluding hydrogens is 170 g/mol. The molecule has 13 heavy (non-hydrogen) atoms. The number of nitrogens with zero attached hydrogens (tertiary/aromatic N) is 1. The Bertz CT molecular complexity index is 319. The van der Waals surface area contributed by atoms with Gasteiger partial charge in [-0.05, 0) is 6.42 Å². The van der Waals surface area contributed by atoms with Gasteiger partial charge in [0.15, 0.2) is 0 Å². The molecular formula is C8H15N3O2. The molecule has 0 bridgehead atoms. The van der Waals surface area contributed by atoms with Crippen molar-refractivity contribution in [1.29, 1.82) is 0 Å². The molecule has 1 rings (SSSR count). The molecule has 0 aliphatic rings. The predicted molar refractivity (Wildman–Crippen MR) is 49.8 cm³/mol. The highest BCUT2D eigenvalue weighted by atomic mass is 16.2. The van der Waals surface area contributed by atoms with Gasteiger partial charge >= 0.3 is 11.4 Å². The zero-order chi connectivity index (χ0) is 9.68. The number of unbranched alkanes of at least 4 members (excludes halogenated alkanes) is 3. The molecule has 74 valence electrons. The molecule has 0 fully saturated rings. The van der Waals surface area contributed by atoms with Crippen molar-refractivity contribution in [3.63, 3.8) is 0 Å². The summed E-state index contributed by atoms with van der Waals surface area (Å²) in [6.07, 6.45) is 4.25. The van der Waals surface area contributed by atoms with Crippen LogP contribution in [0.5, 0.6) is 0 Å². The highest BCUT2D eigenvalue weighted by Crippen LogP contribution is 1.98. The zero-order valence-electron chi connectivity index (χ0n) is 7.80. The van der Waals surface area contributed by atoms with Gasteiger partial charge in [-0.2, -0.15) is 0 Å². The van der Waals surface area contributed by atoms with Crippen LogP contribution >= 0.6 is 0 Å². The molecule has 0 unspecified atom stereocenters. The largest absolute Gasteiger partial charge is 0.344 e. The lowest BCUT2D eigenvalue weighted by Crippen LogP contribution is -2.26. The number of H-pyrrole nitrogens is 2. The van der Waals surface area contributed by atoms with Gasteiger partial charge in [-0.3, -0.25) is 0 Å². The normalized spacial score (nSPS) is 10.5. The quantitative estimate of drug-likeness (QED) is 0.653. The lowest BCUT2D eigenvalue weighted by atomic mass is 10.2. The van der Waals surface area contributed by atoms with Gasteiger partial charge in [0.05, 0.1) is 0 Å². The van der Waals surface area contributed by atoms with Crippen LogP contribution in [0.1, 0.15) is 32.6 Å². The molecule has 0 aliphatic heterocycles. The average Bonchev–Trinajstić information content (AvgIpc) is 2.42. The minimum Gasteiger partial charge on any atom is -0.247 e. The number of rotatable bonds is 5. The van der Waals surface area contributed by atoms with E-state index in [1.807, 2.05) is 0 Å². The first-order valence-electron chi connectivity index (χ1n) is 4.63. The van der Waals surface area contributed by atoms with Crippen molar-refractivity contribution in [2.24, 2.45) is 0 Å². The number of hydrogen-bond acceptors (Lipinski definition) is 2. The van der Waals surface area contributed by atoms with E-state index in [0.717, 1.165) is 25.7 Å². The van der Waals surface area contributed by atoms with Gasteiger partial charge in [0.25, 0.3) is 0 Å². The van der Waals surface area contributed by atoms with Gasteiger partial charge in [-0.1, -0.05) is 26.2 Å². The summed E-state index contributed by atoms with van der Waals surface area (Å²) in [6.45, 7) is 2.63. The first kappa shape index (κ1) is 9.83. The highest BCUT2D eigenvalue weighted by Gasteiger charge is 2.00. The van der Waals surface area contributed by atoms with E-state index in [4.69, 9.17) is 0 Å². The minimum atomic E-state index is -0.346. The maximum absolute atomic E-state index is 11.0. The molecule has 5 nitrogen and oxygen atoms in total. The molecule has 0 spiro atoms. The second kappa shape index (κ2) is 4.69. The first-order valence-corrected chi connectivity index (χ1v) is 4.63. The molecule has 0 radical (unpaired) electrons. The third-order valence-electron chi connectivity index (χ3n) is 2.00. The van der Waals surface area contributed by atoms with E-state index in [1.54, 1.807) is 0 Å². The van der Waals surface area contributed by atoms with Gasteiger partial charge in [0.1, 0.15) is 0 Å². The summed E-state index contributed by atoms with van der Waals surface area (Å²) in [5.74, 6) is 0. The van der Waals surface area contributed by atoms with Gasteiger partial charge in [-0.15, -0.1) is 0 Å². The lowest BCUT2D eigenvalue weighted by Gasteiger charge is -1.97. The molecule has 1 aromatic heterocycles. The SMILES string of the molecule is CCCCCCn1c(=O)[nH][nH]c1=O. The van der Waals surface area contributed by atoms with Crippen LogP contribution in [0.4, 0.5) is 0 Å². The topological polar surface area (TPSA) is 70.7 Å². The summed E-state index contributed by atoms with van der Waals surface area (Å²) in [4.78, 5) is 22.0. The van der Waals surface area contributed by atoms with Crippen molar-refractivity contribution in [3.05, 3.63) is 21.0 Å². The van der Waals surface area contributed by atoms with Crippen molar-refractivity contribution in [3.8, 4) is 0 Å². The molecule has 0 saturated heterocycles. The van der Waals surface area contributed by atoms with Gasteiger partial charge in [-0.25, -0.2) is 24.4 Å². The fourth-order valence-corrected chi connectivity index (χ4v) is 1.23. The van der Waals surface area contributed by atoms with Crippen molar-refractivity contribution in [2.45, 2.75) is 39.2 Å². The summed E-state index contributed by atoms with van der Waals surface area (Å²) < 4.78 is 1.19. The van der Waals surface area contributed by atoms with Gasteiger partial charge in [0, 0.05) is 6.54 Å². The van der Waals surface area contributed by atoms with E-state index >= 15 is 0 Å². The van der Waals surface area contributed by atoms with Gasteiger partial charge < -0.3 is 0 Å². The number of aromatic amines is 2.